The van der Waals surface area contributed by atoms with Gasteiger partial charge in [0.1, 0.15) is 0 Å². The van der Waals surface area contributed by atoms with Crippen LogP contribution >= 0.6 is 0 Å². The highest BCUT2D eigenvalue weighted by atomic mass is 19.3. The molecule has 1 aliphatic rings. The van der Waals surface area contributed by atoms with Crippen molar-refractivity contribution in [3.05, 3.63) is 52.6 Å². The molecular formula is C14H10F6. The summed E-state index contributed by atoms with van der Waals surface area (Å²) in [5, 5.41) is 0. The minimum absolute atomic E-state index is 0.0931. The van der Waals surface area contributed by atoms with Gasteiger partial charge in [-0.05, 0) is 19.4 Å². The predicted molar refractivity (Wildman–Crippen MR) is 62.7 cm³/mol. The van der Waals surface area contributed by atoms with Crippen molar-refractivity contribution < 1.29 is 26.3 Å². The molecule has 6 heteroatoms. The van der Waals surface area contributed by atoms with E-state index in [1.54, 1.807) is 0 Å². The van der Waals surface area contributed by atoms with Crippen molar-refractivity contribution in [2.24, 2.45) is 0 Å². The van der Waals surface area contributed by atoms with Crippen LogP contribution < -0.4 is 0 Å². The van der Waals surface area contributed by atoms with Gasteiger partial charge in [0, 0.05) is 16.7 Å². The normalized spacial score (nSPS) is 20.4. The zero-order chi connectivity index (χ0) is 15.3. The fraction of sp³-hybridized carbons (Fsp3) is 0.286. The number of hydrogen-bond donors (Lipinski definition) is 0. The van der Waals surface area contributed by atoms with Crippen molar-refractivity contribution in [2.75, 3.05) is 0 Å². The fourth-order valence-electron chi connectivity index (χ4n) is 1.95. The number of benzene rings is 1. The molecule has 0 fully saturated rings. The molecule has 1 aliphatic carbocycles. The SMILES string of the molecule is CC1=CC=C(c2ccc(C)c(F)c2F)C(F)(F)C1(F)F. The lowest BCUT2D eigenvalue weighted by molar-refractivity contribution is -0.148. The third-order valence-electron chi connectivity index (χ3n) is 3.29. The van der Waals surface area contributed by atoms with E-state index in [-0.39, 0.29) is 5.56 Å². The van der Waals surface area contributed by atoms with E-state index < -0.39 is 40.2 Å². The molecule has 2 rings (SSSR count). The van der Waals surface area contributed by atoms with Crippen LogP contribution in [0.5, 0.6) is 0 Å². The Kier molecular flexibility index (Phi) is 3.23. The average Bonchev–Trinajstić information content (AvgIpc) is 2.36. The van der Waals surface area contributed by atoms with Gasteiger partial charge in [-0.3, -0.25) is 0 Å². The van der Waals surface area contributed by atoms with E-state index in [2.05, 4.69) is 0 Å². The zero-order valence-corrected chi connectivity index (χ0v) is 10.6. The van der Waals surface area contributed by atoms with Gasteiger partial charge in [0.2, 0.25) is 0 Å². The van der Waals surface area contributed by atoms with Crippen LogP contribution in [0.4, 0.5) is 26.3 Å². The first kappa shape index (κ1) is 14.7. The molecule has 1 aromatic carbocycles. The fourth-order valence-corrected chi connectivity index (χ4v) is 1.95. The standard InChI is InChI=1S/C14H10F6/c1-7-3-5-9(12(16)11(7)15)10-6-4-8(2)13(17,18)14(10,19)20/h3-6H,1-2H3. The van der Waals surface area contributed by atoms with Gasteiger partial charge in [-0.1, -0.05) is 24.3 Å². The van der Waals surface area contributed by atoms with Crippen LogP contribution in [0.25, 0.3) is 5.57 Å². The third-order valence-corrected chi connectivity index (χ3v) is 3.29. The van der Waals surface area contributed by atoms with Gasteiger partial charge < -0.3 is 0 Å². The van der Waals surface area contributed by atoms with E-state index in [4.69, 9.17) is 0 Å². The molecule has 108 valence electrons. The maximum Gasteiger partial charge on any atom is 0.340 e. The number of alkyl halides is 4. The van der Waals surface area contributed by atoms with Crippen molar-refractivity contribution in [1.29, 1.82) is 0 Å². The molecule has 0 nitrogen and oxygen atoms in total. The Morgan fingerprint density at radius 2 is 1.40 bits per heavy atom. The lowest BCUT2D eigenvalue weighted by atomic mass is 9.86. The molecule has 0 atom stereocenters. The van der Waals surface area contributed by atoms with Gasteiger partial charge in [0.15, 0.2) is 11.6 Å². The molecule has 0 aliphatic heterocycles. The average molecular weight is 292 g/mol. The van der Waals surface area contributed by atoms with Crippen LogP contribution in [0.3, 0.4) is 0 Å². The Balaban J connectivity index is 2.68. The number of halogens is 6. The highest BCUT2D eigenvalue weighted by Gasteiger charge is 2.61. The molecule has 0 spiro atoms. The van der Waals surface area contributed by atoms with Gasteiger partial charge in [-0.15, -0.1) is 0 Å². The van der Waals surface area contributed by atoms with E-state index in [1.807, 2.05) is 0 Å². The van der Waals surface area contributed by atoms with Crippen molar-refractivity contribution in [3.8, 4) is 0 Å². The Bertz CT molecular complexity index is 625. The second-order valence-electron chi connectivity index (χ2n) is 4.64. The summed E-state index contributed by atoms with van der Waals surface area (Å²) in [5.41, 5.74) is -3.02. The molecule has 0 aromatic heterocycles. The molecule has 0 amide bonds. The molecule has 0 saturated carbocycles. The summed E-state index contributed by atoms with van der Waals surface area (Å²) in [6.45, 7) is 2.10. The summed E-state index contributed by atoms with van der Waals surface area (Å²) in [6, 6.07) is 1.94. The van der Waals surface area contributed by atoms with Crippen LogP contribution in [-0.2, 0) is 0 Å². The number of allylic oxidation sites excluding steroid dienone is 4. The van der Waals surface area contributed by atoms with E-state index in [0.717, 1.165) is 25.1 Å². The van der Waals surface area contributed by atoms with E-state index >= 15 is 0 Å². The molecule has 0 radical (unpaired) electrons. The lowest BCUT2D eigenvalue weighted by Gasteiger charge is -2.32. The van der Waals surface area contributed by atoms with E-state index in [0.29, 0.717) is 6.08 Å². The topological polar surface area (TPSA) is 0 Å². The number of aryl methyl sites for hydroxylation is 1. The minimum atomic E-state index is -4.60. The van der Waals surface area contributed by atoms with Gasteiger partial charge >= 0.3 is 11.8 Å². The number of hydrogen-bond acceptors (Lipinski definition) is 0. The molecule has 1 aromatic rings. The first-order valence-corrected chi connectivity index (χ1v) is 5.71. The van der Waals surface area contributed by atoms with Gasteiger partial charge in [0.05, 0.1) is 0 Å². The highest BCUT2D eigenvalue weighted by Crippen LogP contribution is 2.50. The zero-order valence-electron chi connectivity index (χ0n) is 10.6. The molecule has 0 N–H and O–H groups in total. The summed E-state index contributed by atoms with van der Waals surface area (Å²) in [6.07, 6.45) is 1.48. The van der Waals surface area contributed by atoms with Crippen LogP contribution in [0, 0.1) is 18.6 Å². The first-order chi connectivity index (χ1) is 9.10. The summed E-state index contributed by atoms with van der Waals surface area (Å²) >= 11 is 0. The summed E-state index contributed by atoms with van der Waals surface area (Å²) in [7, 11) is 0. The Morgan fingerprint density at radius 1 is 0.800 bits per heavy atom. The Morgan fingerprint density at radius 3 is 2.00 bits per heavy atom. The Hall–Kier alpha value is -1.72. The van der Waals surface area contributed by atoms with Gasteiger partial charge in [-0.2, -0.15) is 17.6 Å². The largest absolute Gasteiger partial charge is 0.340 e. The number of rotatable bonds is 1. The predicted octanol–water partition coefficient (Wildman–Crippen LogP) is 4.89. The smallest absolute Gasteiger partial charge is 0.203 e. The maximum absolute atomic E-state index is 13.8. The van der Waals surface area contributed by atoms with E-state index in [1.165, 1.54) is 6.92 Å². The summed E-state index contributed by atoms with van der Waals surface area (Å²) < 4.78 is 81.9. The first-order valence-electron chi connectivity index (χ1n) is 5.71. The lowest BCUT2D eigenvalue weighted by Crippen LogP contribution is -2.44. The van der Waals surface area contributed by atoms with Crippen LogP contribution in [0.15, 0.2) is 29.9 Å². The van der Waals surface area contributed by atoms with Gasteiger partial charge in [0.25, 0.3) is 0 Å². The van der Waals surface area contributed by atoms with Crippen LogP contribution in [0.1, 0.15) is 18.1 Å². The second-order valence-corrected chi connectivity index (χ2v) is 4.64. The second kappa shape index (κ2) is 4.40. The summed E-state index contributed by atoms with van der Waals surface area (Å²) in [4.78, 5) is 0. The van der Waals surface area contributed by atoms with Crippen molar-refractivity contribution in [1.82, 2.24) is 0 Å². The quantitative estimate of drug-likeness (QED) is 0.647. The monoisotopic (exact) mass is 292 g/mol. The molecule has 0 bridgehead atoms. The minimum Gasteiger partial charge on any atom is -0.203 e. The van der Waals surface area contributed by atoms with Crippen LogP contribution in [-0.4, -0.2) is 11.8 Å². The van der Waals surface area contributed by atoms with Crippen LogP contribution in [0.2, 0.25) is 0 Å². The van der Waals surface area contributed by atoms with Crippen molar-refractivity contribution >= 4 is 5.57 Å². The Labute approximate surface area is 111 Å². The molecule has 20 heavy (non-hydrogen) atoms. The highest BCUT2D eigenvalue weighted by molar-refractivity contribution is 5.76. The van der Waals surface area contributed by atoms with E-state index in [9.17, 15) is 26.3 Å². The van der Waals surface area contributed by atoms with Crippen molar-refractivity contribution in [3.63, 3.8) is 0 Å². The molecular weight excluding hydrogens is 282 g/mol. The van der Waals surface area contributed by atoms with Gasteiger partial charge in [-0.25, -0.2) is 8.78 Å². The molecule has 0 saturated heterocycles. The molecule has 0 unspecified atom stereocenters. The third kappa shape index (κ3) is 1.85. The van der Waals surface area contributed by atoms with Crippen molar-refractivity contribution in [2.45, 2.75) is 25.7 Å². The maximum atomic E-state index is 13.8. The molecule has 0 heterocycles. The summed E-state index contributed by atoms with van der Waals surface area (Å²) in [5.74, 6) is -11.9.